The van der Waals surface area contributed by atoms with Gasteiger partial charge in [-0.1, -0.05) is 0 Å². The van der Waals surface area contributed by atoms with E-state index in [1.165, 1.54) is 0 Å². The number of rotatable bonds is 5. The normalized spacial score (nSPS) is 20.6. The standard InChI is InChI=1S/C25H33N5O5/c1-15-16(2)21-18(17(3)20(15)32)6-7-25(4,35-21)23(34)28-19(14-31)22(33)29-10-12-30(13-11-29)24-26-8-5-9-27-24/h5,8-9,19,31-32H,6-7,10-14H2,1-4H3,(H,28,34). The van der Waals surface area contributed by atoms with Crippen molar-refractivity contribution in [1.29, 1.82) is 0 Å². The zero-order chi connectivity index (χ0) is 25.3. The maximum absolute atomic E-state index is 13.3. The topological polar surface area (TPSA) is 128 Å². The Balaban J connectivity index is 1.42. The van der Waals surface area contributed by atoms with E-state index < -0.39 is 24.2 Å². The predicted octanol–water partition coefficient (Wildman–Crippen LogP) is 1.02. The van der Waals surface area contributed by atoms with Crippen LogP contribution in [0.2, 0.25) is 0 Å². The molecule has 0 aliphatic carbocycles. The Morgan fingerprint density at radius 1 is 1.11 bits per heavy atom. The molecule has 0 saturated carbocycles. The molecule has 3 heterocycles. The number of anilines is 1. The van der Waals surface area contributed by atoms with Crippen molar-refractivity contribution >= 4 is 17.8 Å². The van der Waals surface area contributed by atoms with E-state index in [0.29, 0.717) is 50.7 Å². The number of aromatic nitrogens is 2. The first-order valence-corrected chi connectivity index (χ1v) is 11.9. The molecule has 1 saturated heterocycles. The van der Waals surface area contributed by atoms with Crippen molar-refractivity contribution in [3.8, 4) is 11.5 Å². The number of nitrogens with zero attached hydrogens (tertiary/aromatic N) is 4. The number of benzene rings is 1. The first-order chi connectivity index (χ1) is 16.7. The molecule has 188 valence electrons. The Morgan fingerprint density at radius 3 is 2.40 bits per heavy atom. The van der Waals surface area contributed by atoms with Crippen LogP contribution in [0.1, 0.15) is 35.6 Å². The van der Waals surface area contributed by atoms with Gasteiger partial charge in [0.15, 0.2) is 5.60 Å². The quantitative estimate of drug-likeness (QED) is 0.575. The van der Waals surface area contributed by atoms with E-state index in [-0.39, 0.29) is 11.7 Å². The molecule has 2 aliphatic rings. The molecular weight excluding hydrogens is 450 g/mol. The number of phenolic OH excluding ortho intramolecular Hbond substituents is 1. The number of piperazine rings is 1. The molecule has 2 amide bonds. The molecule has 35 heavy (non-hydrogen) atoms. The molecule has 10 nitrogen and oxygen atoms in total. The van der Waals surface area contributed by atoms with Gasteiger partial charge in [-0.3, -0.25) is 9.59 Å². The zero-order valence-corrected chi connectivity index (χ0v) is 20.7. The number of carbonyl (C=O) groups is 2. The first-order valence-electron chi connectivity index (χ1n) is 11.9. The molecule has 2 unspecified atom stereocenters. The summed E-state index contributed by atoms with van der Waals surface area (Å²) in [5.41, 5.74) is 1.95. The zero-order valence-electron chi connectivity index (χ0n) is 20.7. The van der Waals surface area contributed by atoms with Crippen molar-refractivity contribution in [2.45, 2.75) is 52.2 Å². The van der Waals surface area contributed by atoms with E-state index in [4.69, 9.17) is 4.74 Å². The van der Waals surface area contributed by atoms with Gasteiger partial charge in [-0.05, 0) is 56.9 Å². The summed E-state index contributed by atoms with van der Waals surface area (Å²) in [6, 6.07) is 0.689. The minimum Gasteiger partial charge on any atom is -0.507 e. The summed E-state index contributed by atoms with van der Waals surface area (Å²) in [7, 11) is 0. The molecule has 0 radical (unpaired) electrons. The fraction of sp³-hybridized carbons (Fsp3) is 0.520. The Labute approximate surface area is 204 Å². The van der Waals surface area contributed by atoms with Crippen molar-refractivity contribution in [2.24, 2.45) is 0 Å². The molecule has 10 heteroatoms. The van der Waals surface area contributed by atoms with Gasteiger partial charge in [0.1, 0.15) is 17.5 Å². The molecule has 1 fully saturated rings. The number of carbonyl (C=O) groups excluding carboxylic acids is 2. The van der Waals surface area contributed by atoms with E-state index in [1.807, 2.05) is 25.7 Å². The summed E-state index contributed by atoms with van der Waals surface area (Å²) in [6.45, 7) is 8.70. The van der Waals surface area contributed by atoms with Crippen molar-refractivity contribution in [3.63, 3.8) is 0 Å². The largest absolute Gasteiger partial charge is 0.507 e. The third-order valence-electron chi connectivity index (χ3n) is 7.21. The lowest BCUT2D eigenvalue weighted by atomic mass is 9.86. The molecule has 2 aliphatic heterocycles. The highest BCUT2D eigenvalue weighted by Gasteiger charge is 2.42. The van der Waals surface area contributed by atoms with Crippen LogP contribution in [0.15, 0.2) is 18.5 Å². The molecule has 3 N–H and O–H groups in total. The first kappa shape index (κ1) is 24.7. The Hall–Kier alpha value is -3.40. The number of aromatic hydroxyl groups is 1. The molecule has 1 aromatic heterocycles. The minimum atomic E-state index is -1.20. The number of nitrogens with one attached hydrogen (secondary N) is 1. The molecule has 0 spiro atoms. The van der Waals surface area contributed by atoms with E-state index >= 15 is 0 Å². The Kier molecular flexibility index (Phi) is 6.84. The van der Waals surface area contributed by atoms with Crippen LogP contribution in [0.5, 0.6) is 11.5 Å². The van der Waals surface area contributed by atoms with E-state index in [0.717, 1.165) is 22.3 Å². The van der Waals surface area contributed by atoms with Crippen LogP contribution >= 0.6 is 0 Å². The van der Waals surface area contributed by atoms with Crippen LogP contribution < -0.4 is 15.0 Å². The highest BCUT2D eigenvalue weighted by Crippen LogP contribution is 2.43. The van der Waals surface area contributed by atoms with Crippen molar-refractivity contribution < 1.29 is 24.5 Å². The minimum absolute atomic E-state index is 0.253. The van der Waals surface area contributed by atoms with Crippen LogP contribution in [0.3, 0.4) is 0 Å². The third kappa shape index (κ3) is 4.62. The number of aliphatic hydroxyl groups excluding tert-OH is 1. The highest BCUT2D eigenvalue weighted by atomic mass is 16.5. The molecule has 2 atom stereocenters. The van der Waals surface area contributed by atoms with Crippen LogP contribution in [-0.2, 0) is 16.0 Å². The monoisotopic (exact) mass is 483 g/mol. The number of phenols is 1. The van der Waals surface area contributed by atoms with Gasteiger partial charge in [-0.25, -0.2) is 9.97 Å². The number of hydrogen-bond donors (Lipinski definition) is 3. The van der Waals surface area contributed by atoms with E-state index in [2.05, 4.69) is 15.3 Å². The number of hydrogen-bond acceptors (Lipinski definition) is 8. The van der Waals surface area contributed by atoms with Crippen molar-refractivity contribution in [3.05, 3.63) is 40.7 Å². The number of ether oxygens (including phenoxy) is 1. The van der Waals surface area contributed by atoms with Gasteiger partial charge < -0.3 is 30.1 Å². The second-order valence-corrected chi connectivity index (χ2v) is 9.43. The third-order valence-corrected chi connectivity index (χ3v) is 7.21. The van der Waals surface area contributed by atoms with Crippen LogP contribution in [0, 0.1) is 20.8 Å². The fourth-order valence-corrected chi connectivity index (χ4v) is 4.71. The average Bonchev–Trinajstić information content (AvgIpc) is 2.89. The van der Waals surface area contributed by atoms with Gasteiger partial charge in [0.2, 0.25) is 11.9 Å². The van der Waals surface area contributed by atoms with Gasteiger partial charge in [-0.15, -0.1) is 0 Å². The van der Waals surface area contributed by atoms with Crippen LogP contribution in [-0.4, -0.2) is 81.3 Å². The molecular formula is C25H33N5O5. The number of amides is 2. The Bertz CT molecular complexity index is 1120. The van der Waals surface area contributed by atoms with E-state index in [9.17, 15) is 19.8 Å². The molecule has 0 bridgehead atoms. The second-order valence-electron chi connectivity index (χ2n) is 9.43. The fourth-order valence-electron chi connectivity index (χ4n) is 4.71. The van der Waals surface area contributed by atoms with Gasteiger partial charge in [0.25, 0.3) is 5.91 Å². The summed E-state index contributed by atoms with van der Waals surface area (Å²) in [5, 5.41) is 23.0. The van der Waals surface area contributed by atoms with Gasteiger partial charge >= 0.3 is 0 Å². The summed E-state index contributed by atoms with van der Waals surface area (Å²) < 4.78 is 6.21. The van der Waals surface area contributed by atoms with E-state index in [1.54, 1.807) is 30.3 Å². The van der Waals surface area contributed by atoms with Crippen LogP contribution in [0.25, 0.3) is 0 Å². The van der Waals surface area contributed by atoms with Gasteiger partial charge in [0, 0.05) is 50.6 Å². The number of aliphatic hydroxyl groups is 1. The number of fused-ring (bicyclic) bond motifs is 1. The molecule has 1 aromatic carbocycles. The maximum atomic E-state index is 13.3. The average molecular weight is 484 g/mol. The lowest BCUT2D eigenvalue weighted by Gasteiger charge is -2.38. The SMILES string of the molecule is Cc1c(C)c2c(c(C)c1O)CCC(C)(C(=O)NC(CO)C(=O)N1CCN(c3ncccn3)CC1)O2. The van der Waals surface area contributed by atoms with Gasteiger partial charge in [-0.2, -0.15) is 0 Å². The summed E-state index contributed by atoms with van der Waals surface area (Å²) in [4.78, 5) is 38.5. The summed E-state index contributed by atoms with van der Waals surface area (Å²) in [5.74, 6) is 0.690. The lowest BCUT2D eigenvalue weighted by molar-refractivity contribution is -0.144. The van der Waals surface area contributed by atoms with Crippen molar-refractivity contribution in [2.75, 3.05) is 37.7 Å². The summed E-state index contributed by atoms with van der Waals surface area (Å²) >= 11 is 0. The second kappa shape index (κ2) is 9.69. The van der Waals surface area contributed by atoms with Gasteiger partial charge in [0.05, 0.1) is 6.61 Å². The smallest absolute Gasteiger partial charge is 0.264 e. The molecule has 4 rings (SSSR count). The van der Waals surface area contributed by atoms with Crippen LogP contribution in [0.4, 0.5) is 5.95 Å². The maximum Gasteiger partial charge on any atom is 0.264 e. The Morgan fingerprint density at radius 2 is 1.77 bits per heavy atom. The predicted molar refractivity (Wildman–Crippen MR) is 130 cm³/mol. The highest BCUT2D eigenvalue weighted by molar-refractivity contribution is 5.92. The summed E-state index contributed by atoms with van der Waals surface area (Å²) in [6.07, 6.45) is 4.30. The lowest BCUT2D eigenvalue weighted by Crippen LogP contribution is -2.60. The molecule has 2 aromatic rings. The van der Waals surface area contributed by atoms with Crippen molar-refractivity contribution in [1.82, 2.24) is 20.2 Å².